The summed E-state index contributed by atoms with van der Waals surface area (Å²) in [6, 6.07) is 4.48. The van der Waals surface area contributed by atoms with Crippen LogP contribution in [0.4, 0.5) is 10.1 Å². The molecule has 4 heteroatoms. The first-order chi connectivity index (χ1) is 7.49. The van der Waals surface area contributed by atoms with Crippen LogP contribution in [0.15, 0.2) is 18.2 Å². The second-order valence-corrected chi connectivity index (χ2v) is 4.11. The van der Waals surface area contributed by atoms with Gasteiger partial charge in [-0.05, 0) is 25.5 Å². The predicted molar refractivity (Wildman–Crippen MR) is 64.0 cm³/mol. The molecule has 1 aromatic rings. The van der Waals surface area contributed by atoms with Gasteiger partial charge in [0.15, 0.2) is 0 Å². The number of hydrogen-bond acceptors (Lipinski definition) is 3. The fraction of sp³-hybridized carbons (Fsp3) is 0.500. The van der Waals surface area contributed by atoms with E-state index in [0.717, 1.165) is 5.56 Å². The molecule has 0 spiro atoms. The molecule has 1 rings (SSSR count). The number of aliphatic hydroxyl groups excluding tert-OH is 1. The van der Waals surface area contributed by atoms with Gasteiger partial charge in [-0.3, -0.25) is 0 Å². The maximum Gasteiger partial charge on any atom is 0.146 e. The highest BCUT2D eigenvalue weighted by atomic mass is 19.1. The van der Waals surface area contributed by atoms with Crippen LogP contribution in [0, 0.1) is 5.82 Å². The number of benzene rings is 1. The van der Waals surface area contributed by atoms with E-state index in [1.165, 1.54) is 6.07 Å². The highest BCUT2D eigenvalue weighted by Gasteiger charge is 2.18. The number of para-hydroxylation sites is 1. The largest absolute Gasteiger partial charge is 0.394 e. The molecular formula is C12H19FN2O. The minimum Gasteiger partial charge on any atom is -0.394 e. The SMILES string of the molecule is CC(CO)N(C)c1c(F)cccc1[C@H](C)N. The Labute approximate surface area is 95.7 Å². The lowest BCUT2D eigenvalue weighted by Gasteiger charge is -2.29. The summed E-state index contributed by atoms with van der Waals surface area (Å²) in [6.07, 6.45) is 0. The van der Waals surface area contributed by atoms with Gasteiger partial charge in [-0.1, -0.05) is 12.1 Å². The van der Waals surface area contributed by atoms with Crippen molar-refractivity contribution < 1.29 is 9.50 Å². The normalized spacial score (nSPS) is 14.6. The van der Waals surface area contributed by atoms with E-state index in [9.17, 15) is 4.39 Å². The number of nitrogens with zero attached hydrogens (tertiary/aromatic N) is 1. The molecule has 2 atom stereocenters. The molecule has 0 saturated heterocycles. The number of nitrogens with two attached hydrogens (primary N) is 1. The summed E-state index contributed by atoms with van der Waals surface area (Å²) in [7, 11) is 1.76. The summed E-state index contributed by atoms with van der Waals surface area (Å²) >= 11 is 0. The third-order valence-corrected chi connectivity index (χ3v) is 2.79. The summed E-state index contributed by atoms with van der Waals surface area (Å²) in [5.74, 6) is -0.308. The lowest BCUT2D eigenvalue weighted by molar-refractivity contribution is 0.269. The predicted octanol–water partition coefficient (Wildman–Crippen LogP) is 1.66. The Balaban J connectivity index is 3.19. The first-order valence-corrected chi connectivity index (χ1v) is 5.36. The topological polar surface area (TPSA) is 49.5 Å². The Morgan fingerprint density at radius 3 is 2.56 bits per heavy atom. The molecule has 1 aromatic carbocycles. The minimum atomic E-state index is -0.308. The zero-order valence-corrected chi connectivity index (χ0v) is 9.94. The average molecular weight is 226 g/mol. The Hall–Kier alpha value is -1.13. The van der Waals surface area contributed by atoms with Crippen molar-refractivity contribution in [2.24, 2.45) is 5.73 Å². The number of hydrogen-bond donors (Lipinski definition) is 2. The van der Waals surface area contributed by atoms with Gasteiger partial charge in [0, 0.05) is 19.1 Å². The van der Waals surface area contributed by atoms with Gasteiger partial charge in [0.2, 0.25) is 0 Å². The van der Waals surface area contributed by atoms with Gasteiger partial charge in [-0.25, -0.2) is 4.39 Å². The van der Waals surface area contributed by atoms with Crippen LogP contribution in [-0.4, -0.2) is 24.8 Å². The highest BCUT2D eigenvalue weighted by Crippen LogP contribution is 2.28. The van der Waals surface area contributed by atoms with Gasteiger partial charge in [0.05, 0.1) is 12.3 Å². The average Bonchev–Trinajstić information content (AvgIpc) is 2.26. The third-order valence-electron chi connectivity index (χ3n) is 2.79. The van der Waals surface area contributed by atoms with Crippen LogP contribution in [0.5, 0.6) is 0 Å². The van der Waals surface area contributed by atoms with Crippen LogP contribution in [0.25, 0.3) is 0 Å². The molecule has 0 fully saturated rings. The molecule has 0 amide bonds. The molecule has 0 radical (unpaired) electrons. The van der Waals surface area contributed by atoms with E-state index in [2.05, 4.69) is 0 Å². The van der Waals surface area contributed by atoms with Crippen molar-refractivity contribution in [1.29, 1.82) is 0 Å². The number of aliphatic hydroxyl groups is 1. The summed E-state index contributed by atoms with van der Waals surface area (Å²) in [6.45, 7) is 3.62. The van der Waals surface area contributed by atoms with Crippen molar-refractivity contribution in [2.75, 3.05) is 18.6 Å². The van der Waals surface area contributed by atoms with Gasteiger partial charge in [0.1, 0.15) is 5.82 Å². The molecule has 0 bridgehead atoms. The van der Waals surface area contributed by atoms with E-state index in [0.29, 0.717) is 5.69 Å². The number of rotatable bonds is 4. The Morgan fingerprint density at radius 2 is 2.06 bits per heavy atom. The summed E-state index contributed by atoms with van der Waals surface area (Å²) in [5, 5.41) is 9.09. The van der Waals surface area contributed by atoms with Gasteiger partial charge < -0.3 is 15.7 Å². The summed E-state index contributed by atoms with van der Waals surface area (Å²) in [5.41, 5.74) is 7.03. The van der Waals surface area contributed by atoms with E-state index in [1.54, 1.807) is 18.0 Å². The summed E-state index contributed by atoms with van der Waals surface area (Å²) < 4.78 is 13.8. The zero-order chi connectivity index (χ0) is 12.3. The maximum absolute atomic E-state index is 13.8. The second-order valence-electron chi connectivity index (χ2n) is 4.11. The monoisotopic (exact) mass is 226 g/mol. The molecule has 0 aliphatic carbocycles. The standard InChI is InChI=1S/C12H19FN2O/c1-8(7-16)15(3)12-10(9(2)14)5-4-6-11(12)13/h4-6,8-9,16H,7,14H2,1-3H3/t8?,9-/m0/s1. The highest BCUT2D eigenvalue weighted by molar-refractivity contribution is 5.56. The molecule has 0 aromatic heterocycles. The van der Waals surface area contributed by atoms with E-state index in [1.807, 2.05) is 19.9 Å². The van der Waals surface area contributed by atoms with Crippen LogP contribution in [0.3, 0.4) is 0 Å². The second kappa shape index (κ2) is 5.27. The van der Waals surface area contributed by atoms with E-state index < -0.39 is 0 Å². The lowest BCUT2D eigenvalue weighted by Crippen LogP contribution is -2.33. The van der Waals surface area contributed by atoms with Gasteiger partial charge >= 0.3 is 0 Å². The van der Waals surface area contributed by atoms with Crippen LogP contribution in [0.1, 0.15) is 25.5 Å². The van der Waals surface area contributed by atoms with E-state index in [-0.39, 0.29) is 24.5 Å². The van der Waals surface area contributed by atoms with Crippen molar-refractivity contribution in [3.63, 3.8) is 0 Å². The maximum atomic E-state index is 13.8. The molecule has 1 unspecified atom stereocenters. The molecule has 0 aliphatic heterocycles. The van der Waals surface area contributed by atoms with Crippen LogP contribution in [0.2, 0.25) is 0 Å². The first-order valence-electron chi connectivity index (χ1n) is 5.36. The van der Waals surface area contributed by atoms with Gasteiger partial charge in [0.25, 0.3) is 0 Å². The molecule has 90 valence electrons. The van der Waals surface area contributed by atoms with Crippen molar-refractivity contribution in [1.82, 2.24) is 0 Å². The van der Waals surface area contributed by atoms with Crippen molar-refractivity contribution >= 4 is 5.69 Å². The quantitative estimate of drug-likeness (QED) is 0.821. The Bertz CT molecular complexity index is 355. The van der Waals surface area contributed by atoms with Crippen molar-refractivity contribution in [2.45, 2.75) is 25.9 Å². The van der Waals surface area contributed by atoms with Gasteiger partial charge in [-0.15, -0.1) is 0 Å². The third kappa shape index (κ3) is 2.51. The van der Waals surface area contributed by atoms with Crippen LogP contribution < -0.4 is 10.6 Å². The minimum absolute atomic E-state index is 0.0246. The molecule has 0 aliphatic rings. The fourth-order valence-corrected chi connectivity index (χ4v) is 1.61. The molecule has 3 nitrogen and oxygen atoms in total. The molecule has 0 heterocycles. The number of anilines is 1. The number of halogens is 1. The van der Waals surface area contributed by atoms with Crippen LogP contribution in [-0.2, 0) is 0 Å². The molecular weight excluding hydrogens is 207 g/mol. The number of likely N-dealkylation sites (N-methyl/N-ethyl adjacent to an activating group) is 1. The van der Waals surface area contributed by atoms with Gasteiger partial charge in [-0.2, -0.15) is 0 Å². The Kier molecular flexibility index (Phi) is 4.26. The fourth-order valence-electron chi connectivity index (χ4n) is 1.61. The molecule has 3 N–H and O–H groups in total. The molecule has 16 heavy (non-hydrogen) atoms. The van der Waals surface area contributed by atoms with Crippen molar-refractivity contribution in [3.05, 3.63) is 29.6 Å². The van der Waals surface area contributed by atoms with E-state index >= 15 is 0 Å². The lowest BCUT2D eigenvalue weighted by atomic mass is 10.0. The first kappa shape index (κ1) is 12.9. The summed E-state index contributed by atoms with van der Waals surface area (Å²) in [4.78, 5) is 1.72. The van der Waals surface area contributed by atoms with Crippen molar-refractivity contribution in [3.8, 4) is 0 Å². The van der Waals surface area contributed by atoms with E-state index in [4.69, 9.17) is 10.8 Å². The zero-order valence-electron chi connectivity index (χ0n) is 9.94. The van der Waals surface area contributed by atoms with Crippen LogP contribution >= 0.6 is 0 Å². The smallest absolute Gasteiger partial charge is 0.146 e. The Morgan fingerprint density at radius 1 is 1.44 bits per heavy atom. The molecule has 0 saturated carbocycles.